The summed E-state index contributed by atoms with van der Waals surface area (Å²) in [6, 6.07) is 11.9. The van der Waals surface area contributed by atoms with Gasteiger partial charge in [0.25, 0.3) is 11.8 Å². The van der Waals surface area contributed by atoms with Crippen LogP contribution in [0, 0.1) is 6.92 Å². The van der Waals surface area contributed by atoms with E-state index in [4.69, 9.17) is 9.47 Å². The van der Waals surface area contributed by atoms with E-state index in [2.05, 4.69) is 6.58 Å². The molecule has 0 fully saturated rings. The zero-order chi connectivity index (χ0) is 19.4. The zero-order valence-corrected chi connectivity index (χ0v) is 14.9. The summed E-state index contributed by atoms with van der Waals surface area (Å²) in [6.07, 6.45) is 1.48. The maximum absolute atomic E-state index is 12.3. The maximum atomic E-state index is 12.3. The number of ether oxygens (including phenoxy) is 2. The number of carbonyl (C=O) groups excluding carboxylic acids is 3. The standard InChI is InChI=1S/C21H19NO5/c1-3-10-22-19(23)16-9-8-15(13-17(16)20(22)24)21(25)27-12-11-26-18-7-5-4-6-14(18)2/h3-9,13H,1,10-12H2,2H3. The molecule has 3 rings (SSSR count). The molecular weight excluding hydrogens is 346 g/mol. The molecule has 6 nitrogen and oxygen atoms in total. The van der Waals surface area contributed by atoms with Gasteiger partial charge in [0.1, 0.15) is 19.0 Å². The van der Waals surface area contributed by atoms with Crippen LogP contribution in [0.15, 0.2) is 55.1 Å². The third kappa shape index (κ3) is 3.74. The number of hydrogen-bond donors (Lipinski definition) is 0. The monoisotopic (exact) mass is 365 g/mol. The van der Waals surface area contributed by atoms with E-state index in [1.165, 1.54) is 24.3 Å². The zero-order valence-electron chi connectivity index (χ0n) is 14.9. The van der Waals surface area contributed by atoms with Crippen LogP contribution >= 0.6 is 0 Å². The minimum absolute atomic E-state index is 0.0692. The van der Waals surface area contributed by atoms with Crippen molar-refractivity contribution in [1.29, 1.82) is 0 Å². The lowest BCUT2D eigenvalue weighted by Crippen LogP contribution is -2.29. The molecule has 27 heavy (non-hydrogen) atoms. The number of para-hydroxylation sites is 1. The molecule has 0 aliphatic carbocycles. The fourth-order valence-corrected chi connectivity index (χ4v) is 2.80. The fourth-order valence-electron chi connectivity index (χ4n) is 2.80. The van der Waals surface area contributed by atoms with E-state index >= 15 is 0 Å². The van der Waals surface area contributed by atoms with Crippen LogP contribution < -0.4 is 4.74 Å². The smallest absolute Gasteiger partial charge is 0.338 e. The van der Waals surface area contributed by atoms with E-state index in [-0.39, 0.29) is 42.4 Å². The molecule has 6 heteroatoms. The number of amides is 2. The van der Waals surface area contributed by atoms with E-state index in [1.54, 1.807) is 0 Å². The molecule has 0 aromatic heterocycles. The van der Waals surface area contributed by atoms with Crippen molar-refractivity contribution in [2.45, 2.75) is 6.92 Å². The van der Waals surface area contributed by atoms with Gasteiger partial charge in [-0.15, -0.1) is 6.58 Å². The van der Waals surface area contributed by atoms with Crippen LogP contribution in [-0.2, 0) is 4.74 Å². The molecule has 0 saturated heterocycles. The van der Waals surface area contributed by atoms with Crippen LogP contribution in [0.2, 0.25) is 0 Å². The highest BCUT2D eigenvalue weighted by molar-refractivity contribution is 6.22. The number of rotatable bonds is 7. The van der Waals surface area contributed by atoms with Gasteiger partial charge < -0.3 is 9.47 Å². The third-order valence-corrected chi connectivity index (χ3v) is 4.19. The summed E-state index contributed by atoms with van der Waals surface area (Å²) in [4.78, 5) is 37.8. The first-order valence-electron chi connectivity index (χ1n) is 8.49. The van der Waals surface area contributed by atoms with Crippen LogP contribution in [0.3, 0.4) is 0 Å². The summed E-state index contributed by atoms with van der Waals surface area (Å²) < 4.78 is 10.8. The normalized spacial score (nSPS) is 12.7. The van der Waals surface area contributed by atoms with Gasteiger partial charge in [0.05, 0.1) is 16.7 Å². The van der Waals surface area contributed by atoms with Crippen LogP contribution in [0.25, 0.3) is 0 Å². The molecule has 2 amide bonds. The van der Waals surface area contributed by atoms with Gasteiger partial charge in [0.2, 0.25) is 0 Å². The first-order valence-corrected chi connectivity index (χ1v) is 8.49. The largest absolute Gasteiger partial charge is 0.490 e. The van der Waals surface area contributed by atoms with Gasteiger partial charge in [-0.3, -0.25) is 14.5 Å². The molecule has 0 bridgehead atoms. The molecule has 0 unspecified atom stereocenters. The lowest BCUT2D eigenvalue weighted by atomic mass is 10.1. The van der Waals surface area contributed by atoms with E-state index < -0.39 is 11.9 Å². The Labute approximate surface area is 157 Å². The predicted molar refractivity (Wildman–Crippen MR) is 99.0 cm³/mol. The Morgan fingerprint density at radius 3 is 2.56 bits per heavy atom. The summed E-state index contributed by atoms with van der Waals surface area (Å²) in [5.41, 5.74) is 1.69. The van der Waals surface area contributed by atoms with Gasteiger partial charge in [-0.25, -0.2) is 4.79 Å². The first-order chi connectivity index (χ1) is 13.0. The molecule has 138 valence electrons. The fraction of sp³-hybridized carbons (Fsp3) is 0.190. The first kappa shape index (κ1) is 18.4. The Morgan fingerprint density at radius 2 is 1.81 bits per heavy atom. The van der Waals surface area contributed by atoms with Crippen LogP contribution in [0.4, 0.5) is 0 Å². The van der Waals surface area contributed by atoms with Gasteiger partial charge in [-0.1, -0.05) is 24.3 Å². The molecule has 2 aromatic rings. The molecule has 1 heterocycles. The lowest BCUT2D eigenvalue weighted by Gasteiger charge is -2.10. The van der Waals surface area contributed by atoms with Crippen molar-refractivity contribution in [3.05, 3.63) is 77.4 Å². The van der Waals surface area contributed by atoms with Crippen molar-refractivity contribution in [2.24, 2.45) is 0 Å². The summed E-state index contributed by atoms with van der Waals surface area (Å²) in [6.45, 7) is 5.88. The molecule has 0 saturated carbocycles. The summed E-state index contributed by atoms with van der Waals surface area (Å²) in [7, 11) is 0. The lowest BCUT2D eigenvalue weighted by molar-refractivity contribution is 0.0450. The van der Waals surface area contributed by atoms with Crippen LogP contribution in [-0.4, -0.2) is 42.4 Å². The number of nitrogens with zero attached hydrogens (tertiary/aromatic N) is 1. The minimum atomic E-state index is -0.575. The molecule has 1 aliphatic rings. The number of imide groups is 1. The summed E-state index contributed by atoms with van der Waals surface area (Å²) in [5.74, 6) is -0.667. The van der Waals surface area contributed by atoms with Gasteiger partial charge in [0.15, 0.2) is 0 Å². The summed E-state index contributed by atoms with van der Waals surface area (Å²) >= 11 is 0. The van der Waals surface area contributed by atoms with Crippen molar-refractivity contribution < 1.29 is 23.9 Å². The Kier molecular flexibility index (Phi) is 5.35. The molecule has 1 aliphatic heterocycles. The van der Waals surface area contributed by atoms with Crippen LogP contribution in [0.1, 0.15) is 36.6 Å². The number of aryl methyl sites for hydroxylation is 1. The highest BCUT2D eigenvalue weighted by atomic mass is 16.6. The average molecular weight is 365 g/mol. The molecular formula is C21H19NO5. The number of fused-ring (bicyclic) bond motifs is 1. The van der Waals surface area contributed by atoms with E-state index in [9.17, 15) is 14.4 Å². The molecule has 0 spiro atoms. The highest BCUT2D eigenvalue weighted by Crippen LogP contribution is 2.24. The predicted octanol–water partition coefficient (Wildman–Crippen LogP) is 3.01. The maximum Gasteiger partial charge on any atom is 0.338 e. The summed E-state index contributed by atoms with van der Waals surface area (Å²) in [5, 5.41) is 0. The number of esters is 1. The van der Waals surface area contributed by atoms with Crippen molar-refractivity contribution in [2.75, 3.05) is 19.8 Å². The van der Waals surface area contributed by atoms with Gasteiger partial charge in [-0.05, 0) is 36.8 Å². The Bertz CT molecular complexity index is 919. The Balaban J connectivity index is 1.60. The molecule has 2 aromatic carbocycles. The second kappa shape index (κ2) is 7.86. The quantitative estimate of drug-likeness (QED) is 0.326. The van der Waals surface area contributed by atoms with Crippen molar-refractivity contribution in [1.82, 2.24) is 4.90 Å². The van der Waals surface area contributed by atoms with E-state index in [0.717, 1.165) is 16.2 Å². The number of hydrogen-bond acceptors (Lipinski definition) is 5. The third-order valence-electron chi connectivity index (χ3n) is 4.19. The van der Waals surface area contributed by atoms with E-state index in [1.807, 2.05) is 31.2 Å². The van der Waals surface area contributed by atoms with Crippen molar-refractivity contribution in [3.8, 4) is 5.75 Å². The number of benzene rings is 2. The average Bonchev–Trinajstić information content (AvgIpc) is 2.91. The van der Waals surface area contributed by atoms with Crippen molar-refractivity contribution in [3.63, 3.8) is 0 Å². The van der Waals surface area contributed by atoms with Gasteiger partial charge in [-0.2, -0.15) is 0 Å². The van der Waals surface area contributed by atoms with Crippen LogP contribution in [0.5, 0.6) is 5.75 Å². The SMILES string of the molecule is C=CCN1C(=O)c2ccc(C(=O)OCCOc3ccccc3C)cc2C1=O. The number of carbonyl (C=O) groups is 3. The van der Waals surface area contributed by atoms with Gasteiger partial charge in [0, 0.05) is 6.54 Å². The second-order valence-corrected chi connectivity index (χ2v) is 6.02. The molecule has 0 radical (unpaired) electrons. The Hall–Kier alpha value is -3.41. The minimum Gasteiger partial charge on any atom is -0.490 e. The Morgan fingerprint density at radius 1 is 1.07 bits per heavy atom. The van der Waals surface area contributed by atoms with Gasteiger partial charge >= 0.3 is 5.97 Å². The molecule has 0 N–H and O–H groups in total. The molecule has 0 atom stereocenters. The van der Waals surface area contributed by atoms with Crippen molar-refractivity contribution >= 4 is 17.8 Å². The second-order valence-electron chi connectivity index (χ2n) is 6.02. The highest BCUT2D eigenvalue weighted by Gasteiger charge is 2.35. The van der Waals surface area contributed by atoms with E-state index in [0.29, 0.717) is 0 Å². The topological polar surface area (TPSA) is 72.9 Å².